The van der Waals surface area contributed by atoms with E-state index >= 15 is 0 Å². The molecule has 0 amide bonds. The van der Waals surface area contributed by atoms with Crippen molar-refractivity contribution in [3.05, 3.63) is 53.6 Å². The van der Waals surface area contributed by atoms with Crippen LogP contribution in [0.2, 0.25) is 0 Å². The van der Waals surface area contributed by atoms with Crippen LogP contribution in [0.15, 0.2) is 51.8 Å². The van der Waals surface area contributed by atoms with Gasteiger partial charge in [-0.2, -0.15) is 8.42 Å². The van der Waals surface area contributed by atoms with Crippen LogP contribution in [0.4, 0.5) is 0 Å². The smallest absolute Gasteiger partial charge is 0.285 e. The predicted molar refractivity (Wildman–Crippen MR) is 86.3 cm³/mol. The Morgan fingerprint density at radius 1 is 1.22 bits per heavy atom. The van der Waals surface area contributed by atoms with Crippen molar-refractivity contribution in [3.63, 3.8) is 0 Å². The van der Waals surface area contributed by atoms with Gasteiger partial charge in [-0.3, -0.25) is 0 Å². The van der Waals surface area contributed by atoms with Gasteiger partial charge in [0.05, 0.1) is 7.11 Å². The minimum atomic E-state index is -3.63. The molecule has 0 spiro atoms. The van der Waals surface area contributed by atoms with Crippen molar-refractivity contribution < 1.29 is 18.3 Å². The van der Waals surface area contributed by atoms with E-state index in [2.05, 4.69) is 4.40 Å². The number of amidine groups is 1. The molecular formula is C16H16N2O4S. The number of hydrogen-bond donors (Lipinski definition) is 1. The number of phenolic OH excluding ortho intramolecular Hbond substituents is 1. The molecule has 0 radical (unpaired) electrons. The second-order valence-electron chi connectivity index (χ2n) is 5.25. The van der Waals surface area contributed by atoms with Gasteiger partial charge in [0.2, 0.25) is 0 Å². The van der Waals surface area contributed by atoms with E-state index < -0.39 is 10.0 Å². The molecule has 2 aromatic rings. The van der Waals surface area contributed by atoms with Crippen molar-refractivity contribution in [1.29, 1.82) is 0 Å². The molecule has 1 aliphatic heterocycles. The normalized spacial score (nSPS) is 15.0. The molecule has 0 saturated carbocycles. The summed E-state index contributed by atoms with van der Waals surface area (Å²) in [5.41, 5.74) is 1.41. The van der Waals surface area contributed by atoms with E-state index in [-0.39, 0.29) is 10.6 Å². The second kappa shape index (κ2) is 5.58. The van der Waals surface area contributed by atoms with Crippen molar-refractivity contribution in [1.82, 2.24) is 4.90 Å². The number of sulfonamides is 1. The van der Waals surface area contributed by atoms with Gasteiger partial charge >= 0.3 is 0 Å². The number of aromatic hydroxyl groups is 1. The lowest BCUT2D eigenvalue weighted by Crippen LogP contribution is -2.26. The fourth-order valence-electron chi connectivity index (χ4n) is 2.55. The summed E-state index contributed by atoms with van der Waals surface area (Å²) in [5.74, 6) is 0.832. The van der Waals surface area contributed by atoms with Crippen LogP contribution in [0, 0.1) is 0 Å². The number of hydrogen-bond acceptors (Lipinski definition) is 5. The lowest BCUT2D eigenvalue weighted by Gasteiger charge is -2.19. The molecule has 0 saturated heterocycles. The maximum atomic E-state index is 12.1. The highest BCUT2D eigenvalue weighted by Gasteiger charge is 2.30. The number of nitrogens with zero attached hydrogens (tertiary/aromatic N) is 2. The summed E-state index contributed by atoms with van der Waals surface area (Å²) in [5, 5.41) is 9.84. The van der Waals surface area contributed by atoms with E-state index in [1.807, 2.05) is 6.07 Å². The molecular weight excluding hydrogens is 316 g/mol. The Bertz CT molecular complexity index is 891. The highest BCUT2D eigenvalue weighted by Crippen LogP contribution is 2.29. The van der Waals surface area contributed by atoms with Crippen molar-refractivity contribution >= 4 is 15.9 Å². The molecule has 0 fully saturated rings. The molecule has 0 bridgehead atoms. The fraction of sp³-hybridized carbons (Fsp3) is 0.188. The number of phenols is 1. The maximum Gasteiger partial charge on any atom is 0.285 e. The minimum absolute atomic E-state index is 0.0415. The molecule has 0 aromatic heterocycles. The van der Waals surface area contributed by atoms with E-state index in [9.17, 15) is 13.5 Å². The zero-order valence-corrected chi connectivity index (χ0v) is 13.5. The van der Waals surface area contributed by atoms with Crippen molar-refractivity contribution in [3.8, 4) is 11.5 Å². The van der Waals surface area contributed by atoms with Crippen LogP contribution >= 0.6 is 0 Å². The second-order valence-corrected chi connectivity index (χ2v) is 6.82. The Morgan fingerprint density at radius 3 is 2.65 bits per heavy atom. The van der Waals surface area contributed by atoms with Gasteiger partial charge in [0, 0.05) is 19.2 Å². The Balaban J connectivity index is 1.90. The fourth-order valence-corrected chi connectivity index (χ4v) is 3.80. The van der Waals surface area contributed by atoms with Crippen LogP contribution in [0.5, 0.6) is 11.5 Å². The summed E-state index contributed by atoms with van der Waals surface area (Å²) in [4.78, 5) is 1.96. The standard InChI is InChI=1S/C16H16N2O4S/c1-18(10-11-7-8-14(22-2)13(19)9-11)16-12-5-3-4-6-15(12)23(20,21)17-16/h3-9,19H,10H2,1-2H3. The molecule has 2 aromatic carbocycles. The van der Waals surface area contributed by atoms with Crippen LogP contribution in [0.1, 0.15) is 11.1 Å². The molecule has 1 aliphatic rings. The molecule has 0 unspecified atom stereocenters. The first-order valence-electron chi connectivity index (χ1n) is 6.94. The van der Waals surface area contributed by atoms with Crippen LogP contribution in [-0.4, -0.2) is 38.4 Å². The van der Waals surface area contributed by atoms with Crippen molar-refractivity contribution in [2.75, 3.05) is 14.2 Å². The summed E-state index contributed by atoms with van der Waals surface area (Å²) >= 11 is 0. The van der Waals surface area contributed by atoms with Crippen molar-refractivity contribution in [2.45, 2.75) is 11.4 Å². The first-order chi connectivity index (χ1) is 10.9. The largest absolute Gasteiger partial charge is 0.504 e. The highest BCUT2D eigenvalue weighted by molar-refractivity contribution is 7.90. The van der Waals surface area contributed by atoms with Crippen molar-refractivity contribution in [2.24, 2.45) is 4.40 Å². The summed E-state index contributed by atoms with van der Waals surface area (Å²) in [7, 11) is -0.390. The molecule has 6 nitrogen and oxygen atoms in total. The summed E-state index contributed by atoms with van der Waals surface area (Å²) in [6.07, 6.45) is 0. The first kappa shape index (κ1) is 15.4. The van der Waals surface area contributed by atoms with E-state index in [0.29, 0.717) is 23.7 Å². The average Bonchev–Trinajstić information content (AvgIpc) is 2.80. The molecule has 3 rings (SSSR count). The quantitative estimate of drug-likeness (QED) is 0.930. The third kappa shape index (κ3) is 2.75. The highest BCUT2D eigenvalue weighted by atomic mass is 32.2. The number of ether oxygens (including phenoxy) is 1. The molecule has 1 heterocycles. The third-order valence-corrected chi connectivity index (χ3v) is 4.96. The zero-order valence-electron chi connectivity index (χ0n) is 12.7. The number of fused-ring (bicyclic) bond motifs is 1. The molecule has 7 heteroatoms. The average molecular weight is 332 g/mol. The molecule has 0 atom stereocenters. The van der Waals surface area contributed by atoms with Gasteiger partial charge in [-0.1, -0.05) is 18.2 Å². The van der Waals surface area contributed by atoms with Crippen LogP contribution in [0.3, 0.4) is 0 Å². The number of rotatable bonds is 3. The van der Waals surface area contributed by atoms with Gasteiger partial charge in [-0.05, 0) is 29.8 Å². The third-order valence-electron chi connectivity index (χ3n) is 3.64. The van der Waals surface area contributed by atoms with Gasteiger partial charge in [0.15, 0.2) is 17.3 Å². The topological polar surface area (TPSA) is 79.2 Å². The summed E-state index contributed by atoms with van der Waals surface area (Å²) in [6, 6.07) is 11.8. The van der Waals surface area contributed by atoms with Crippen LogP contribution in [0.25, 0.3) is 0 Å². The van der Waals surface area contributed by atoms with Gasteiger partial charge in [-0.25, -0.2) is 0 Å². The van der Waals surface area contributed by atoms with Crippen LogP contribution < -0.4 is 4.74 Å². The first-order valence-corrected chi connectivity index (χ1v) is 8.38. The van der Waals surface area contributed by atoms with Gasteiger partial charge in [0.1, 0.15) is 4.90 Å². The maximum absolute atomic E-state index is 12.1. The Hall–Kier alpha value is -2.54. The Kier molecular flexibility index (Phi) is 3.73. The lowest BCUT2D eigenvalue weighted by atomic mass is 10.1. The lowest BCUT2D eigenvalue weighted by molar-refractivity contribution is 0.372. The van der Waals surface area contributed by atoms with E-state index in [0.717, 1.165) is 5.56 Å². The minimum Gasteiger partial charge on any atom is -0.504 e. The van der Waals surface area contributed by atoms with E-state index in [4.69, 9.17) is 4.74 Å². The predicted octanol–water partition coefficient (Wildman–Crippen LogP) is 1.98. The Morgan fingerprint density at radius 2 is 1.96 bits per heavy atom. The molecule has 23 heavy (non-hydrogen) atoms. The van der Waals surface area contributed by atoms with E-state index in [1.165, 1.54) is 7.11 Å². The number of benzene rings is 2. The molecule has 1 N–H and O–H groups in total. The zero-order chi connectivity index (χ0) is 16.6. The van der Waals surface area contributed by atoms with Gasteiger partial charge < -0.3 is 14.7 Å². The summed E-state index contributed by atoms with van der Waals surface area (Å²) in [6.45, 7) is 0.403. The van der Waals surface area contributed by atoms with Crippen LogP contribution in [-0.2, 0) is 16.6 Å². The summed E-state index contributed by atoms with van der Waals surface area (Å²) < 4.78 is 33.1. The van der Waals surface area contributed by atoms with Gasteiger partial charge in [0.25, 0.3) is 10.0 Å². The molecule has 0 aliphatic carbocycles. The Labute approximate surface area is 134 Å². The monoisotopic (exact) mass is 332 g/mol. The van der Waals surface area contributed by atoms with Gasteiger partial charge in [-0.15, -0.1) is 4.40 Å². The SMILES string of the molecule is COc1ccc(CN(C)C2=NS(=O)(=O)c3ccccc32)cc1O. The van der Waals surface area contributed by atoms with E-state index in [1.54, 1.807) is 48.3 Å². The molecule has 120 valence electrons. The number of methoxy groups -OCH3 is 1.